The lowest BCUT2D eigenvalue weighted by molar-refractivity contribution is -0.132. The van der Waals surface area contributed by atoms with Gasteiger partial charge < -0.3 is 14.0 Å². The van der Waals surface area contributed by atoms with E-state index < -0.39 is 0 Å². The average Bonchev–Trinajstić information content (AvgIpc) is 3.52. The smallest absolute Gasteiger partial charge is 0.223 e. The molecule has 1 aliphatic rings. The lowest BCUT2D eigenvalue weighted by Crippen LogP contribution is -2.36. The van der Waals surface area contributed by atoms with Gasteiger partial charge in [-0.25, -0.2) is 0 Å². The lowest BCUT2D eigenvalue weighted by atomic mass is 10.0. The number of hydrogen-bond donors (Lipinski definition) is 0. The molecule has 9 nitrogen and oxygen atoms in total. The summed E-state index contributed by atoms with van der Waals surface area (Å²) in [4.78, 5) is 14.7. The summed E-state index contributed by atoms with van der Waals surface area (Å²) in [6.07, 6.45) is 3.26. The molecule has 0 aliphatic carbocycles. The average molecular weight is 452 g/mol. The number of benzene rings is 1. The fourth-order valence-electron chi connectivity index (χ4n) is 4.11. The van der Waals surface area contributed by atoms with Crippen LogP contribution in [0.5, 0.6) is 0 Å². The third kappa shape index (κ3) is 4.03. The molecule has 0 spiro atoms. The van der Waals surface area contributed by atoms with Crippen LogP contribution in [0.15, 0.2) is 47.2 Å². The van der Waals surface area contributed by atoms with E-state index in [1.54, 1.807) is 12.4 Å². The van der Waals surface area contributed by atoms with E-state index in [0.29, 0.717) is 49.2 Å². The second kappa shape index (κ2) is 8.58. The minimum Gasteiger partial charge on any atom is -0.360 e. The van der Waals surface area contributed by atoms with E-state index in [-0.39, 0.29) is 5.91 Å². The molecule has 32 heavy (non-hydrogen) atoms. The summed E-state index contributed by atoms with van der Waals surface area (Å²) in [5.41, 5.74) is 4.08. The fraction of sp³-hybridized carbons (Fsp3) is 0.318. The van der Waals surface area contributed by atoms with E-state index in [1.807, 2.05) is 39.4 Å². The van der Waals surface area contributed by atoms with Crippen LogP contribution in [0.3, 0.4) is 0 Å². The number of fused-ring (bicyclic) bond motifs is 1. The molecule has 0 N–H and O–H groups in total. The molecule has 0 fully saturated rings. The molecular formula is C22H22ClN7O2. The highest BCUT2D eigenvalue weighted by Gasteiger charge is 2.29. The number of nitrogens with zero attached hydrogens (tertiary/aromatic N) is 7. The predicted molar refractivity (Wildman–Crippen MR) is 117 cm³/mol. The number of halogens is 1. The Labute approximate surface area is 189 Å². The number of aryl methyl sites for hydroxylation is 2. The van der Waals surface area contributed by atoms with Crippen molar-refractivity contribution in [3.63, 3.8) is 0 Å². The maximum Gasteiger partial charge on any atom is 0.223 e. The van der Waals surface area contributed by atoms with Gasteiger partial charge in [-0.05, 0) is 5.56 Å². The first-order valence-corrected chi connectivity index (χ1v) is 10.8. The minimum atomic E-state index is 0.0590. The van der Waals surface area contributed by atoms with E-state index >= 15 is 0 Å². The van der Waals surface area contributed by atoms with Crippen molar-refractivity contribution in [2.24, 2.45) is 7.05 Å². The summed E-state index contributed by atoms with van der Waals surface area (Å²) in [5.74, 6) is 1.37. The third-order valence-electron chi connectivity index (χ3n) is 5.73. The van der Waals surface area contributed by atoms with Crippen molar-refractivity contribution in [1.29, 1.82) is 0 Å². The largest absolute Gasteiger partial charge is 0.360 e. The number of carbonyl (C=O) groups excluding carboxylic acids is 1. The van der Waals surface area contributed by atoms with Crippen LogP contribution in [0.4, 0.5) is 0 Å². The van der Waals surface area contributed by atoms with Crippen LogP contribution in [0, 0.1) is 0 Å². The van der Waals surface area contributed by atoms with Crippen molar-refractivity contribution in [3.8, 4) is 11.5 Å². The molecule has 1 aromatic carbocycles. The molecule has 4 aromatic rings. The monoisotopic (exact) mass is 451 g/mol. The normalized spacial score (nSPS) is 13.4. The number of carbonyl (C=O) groups is 1. The summed E-state index contributed by atoms with van der Waals surface area (Å²) in [6, 6.07) is 11.8. The molecule has 164 valence electrons. The highest BCUT2D eigenvalue weighted by atomic mass is 35.5. The zero-order valence-electron chi connectivity index (χ0n) is 17.6. The van der Waals surface area contributed by atoms with E-state index in [4.69, 9.17) is 21.2 Å². The molecule has 0 unspecified atom stereocenters. The van der Waals surface area contributed by atoms with Crippen molar-refractivity contribution in [2.45, 2.75) is 32.4 Å². The first-order valence-electron chi connectivity index (χ1n) is 10.4. The molecule has 3 aromatic heterocycles. The maximum atomic E-state index is 12.9. The summed E-state index contributed by atoms with van der Waals surface area (Å²) in [5, 5.41) is 17.2. The van der Waals surface area contributed by atoms with Gasteiger partial charge in [-0.15, -0.1) is 10.2 Å². The quantitative estimate of drug-likeness (QED) is 0.447. The minimum absolute atomic E-state index is 0.0590. The van der Waals surface area contributed by atoms with Crippen molar-refractivity contribution in [1.82, 2.24) is 34.6 Å². The van der Waals surface area contributed by atoms with E-state index in [1.165, 1.54) is 0 Å². The zero-order valence-corrected chi connectivity index (χ0v) is 18.4. The Morgan fingerprint density at radius 3 is 2.88 bits per heavy atom. The molecule has 0 saturated heterocycles. The molecule has 0 saturated carbocycles. The van der Waals surface area contributed by atoms with Crippen LogP contribution >= 0.6 is 11.6 Å². The molecule has 10 heteroatoms. The van der Waals surface area contributed by atoms with Crippen molar-refractivity contribution in [3.05, 3.63) is 70.5 Å². The van der Waals surface area contributed by atoms with Crippen LogP contribution in [-0.2, 0) is 37.8 Å². The molecule has 0 bridgehead atoms. The Morgan fingerprint density at radius 2 is 2.09 bits per heavy atom. The molecule has 4 heterocycles. The van der Waals surface area contributed by atoms with Crippen molar-refractivity contribution < 1.29 is 9.32 Å². The third-order valence-corrected chi connectivity index (χ3v) is 5.91. The van der Waals surface area contributed by atoms with Crippen molar-refractivity contribution in [2.75, 3.05) is 6.54 Å². The van der Waals surface area contributed by atoms with Gasteiger partial charge >= 0.3 is 0 Å². The topological polar surface area (TPSA) is 94.9 Å². The van der Waals surface area contributed by atoms with Gasteiger partial charge in [0, 0.05) is 56.7 Å². The van der Waals surface area contributed by atoms with Crippen molar-refractivity contribution >= 4 is 17.5 Å². The molecule has 5 rings (SSSR count). The van der Waals surface area contributed by atoms with Gasteiger partial charge in [0.25, 0.3) is 0 Å². The van der Waals surface area contributed by atoms with Gasteiger partial charge in [0.05, 0.1) is 6.54 Å². The van der Waals surface area contributed by atoms with Gasteiger partial charge in [-0.2, -0.15) is 5.10 Å². The molecule has 1 amide bonds. The van der Waals surface area contributed by atoms with Crippen LogP contribution < -0.4 is 0 Å². The standard InChI is InChI=1S/C22H22ClN7O2/c1-28-18-9-10-29(20(31)8-7-16-11-19(23)27-32-16)13-17(18)21(26-28)22-25-24-14-30(22)12-15-5-3-2-4-6-15/h2-6,11,14H,7-10,12-13H2,1H3. The van der Waals surface area contributed by atoms with Crippen LogP contribution in [0.1, 0.15) is 29.0 Å². The van der Waals surface area contributed by atoms with Gasteiger partial charge in [-0.3, -0.25) is 9.48 Å². The number of rotatable bonds is 6. The lowest BCUT2D eigenvalue weighted by Gasteiger charge is -2.27. The summed E-state index contributed by atoms with van der Waals surface area (Å²) >= 11 is 5.79. The zero-order chi connectivity index (χ0) is 22.1. The van der Waals surface area contributed by atoms with Crippen LogP contribution in [-0.4, -0.2) is 47.1 Å². The Kier molecular flexibility index (Phi) is 5.48. The first-order chi connectivity index (χ1) is 15.6. The highest BCUT2D eigenvalue weighted by Crippen LogP contribution is 2.29. The van der Waals surface area contributed by atoms with Gasteiger partial charge in [0.1, 0.15) is 17.8 Å². The van der Waals surface area contributed by atoms with Crippen LogP contribution in [0.2, 0.25) is 5.15 Å². The molecule has 0 atom stereocenters. The SMILES string of the molecule is Cn1nc(-c2nncn2Cc2ccccc2)c2c1CCN(C(=O)CCc1cc(Cl)no1)C2. The highest BCUT2D eigenvalue weighted by molar-refractivity contribution is 6.29. The van der Waals surface area contributed by atoms with Gasteiger partial charge in [0.2, 0.25) is 5.91 Å². The summed E-state index contributed by atoms with van der Waals surface area (Å²) in [6.45, 7) is 1.79. The summed E-state index contributed by atoms with van der Waals surface area (Å²) in [7, 11) is 1.94. The van der Waals surface area contributed by atoms with E-state index in [9.17, 15) is 4.79 Å². The Morgan fingerprint density at radius 1 is 1.25 bits per heavy atom. The van der Waals surface area contributed by atoms with Gasteiger partial charge in [-0.1, -0.05) is 47.1 Å². The van der Waals surface area contributed by atoms with Gasteiger partial charge in [0.15, 0.2) is 11.0 Å². The molecular weight excluding hydrogens is 430 g/mol. The second-order valence-electron chi connectivity index (χ2n) is 7.85. The second-order valence-corrected chi connectivity index (χ2v) is 8.23. The first kappa shape index (κ1) is 20.4. The molecule has 0 radical (unpaired) electrons. The number of amides is 1. The number of hydrogen-bond acceptors (Lipinski definition) is 6. The Bertz CT molecular complexity index is 1240. The summed E-state index contributed by atoms with van der Waals surface area (Å²) < 4.78 is 8.99. The van der Waals surface area contributed by atoms with E-state index in [0.717, 1.165) is 28.9 Å². The molecule has 1 aliphatic heterocycles. The Balaban J connectivity index is 1.36. The van der Waals surface area contributed by atoms with E-state index in [2.05, 4.69) is 27.5 Å². The Hall–Kier alpha value is -3.46. The number of aromatic nitrogens is 6. The van der Waals surface area contributed by atoms with Crippen LogP contribution in [0.25, 0.3) is 11.5 Å². The predicted octanol–water partition coefficient (Wildman–Crippen LogP) is 2.89. The fourth-order valence-corrected chi connectivity index (χ4v) is 4.27. The maximum absolute atomic E-state index is 12.9.